The molecule has 0 aliphatic rings. The molecule has 2 N–H and O–H groups in total. The van der Waals surface area contributed by atoms with Crippen LogP contribution in [0.25, 0.3) is 0 Å². The van der Waals surface area contributed by atoms with Gasteiger partial charge < -0.3 is 10.2 Å². The molecule has 0 fully saturated rings. The van der Waals surface area contributed by atoms with Crippen molar-refractivity contribution < 1.29 is 14.4 Å². The van der Waals surface area contributed by atoms with Crippen molar-refractivity contribution in [2.24, 2.45) is 0 Å². The van der Waals surface area contributed by atoms with E-state index in [0.29, 0.717) is 10.5 Å². The molecule has 0 saturated carbocycles. The molecule has 0 saturated heterocycles. The third-order valence-corrected chi connectivity index (χ3v) is 5.97. The zero-order chi connectivity index (χ0) is 16.1. The molecule has 4 atom stereocenters. The molecule has 22 heavy (non-hydrogen) atoms. The Morgan fingerprint density at radius 2 is 1.64 bits per heavy atom. The van der Waals surface area contributed by atoms with Crippen LogP contribution < -0.4 is 0 Å². The van der Waals surface area contributed by atoms with Gasteiger partial charge >= 0.3 is 0 Å². The van der Waals surface area contributed by atoms with Crippen LogP contribution in [0.4, 0.5) is 0 Å². The van der Waals surface area contributed by atoms with Crippen molar-refractivity contribution in [3.8, 4) is 0 Å². The highest BCUT2D eigenvalue weighted by molar-refractivity contribution is 9.09. The molecule has 0 spiro atoms. The highest BCUT2D eigenvalue weighted by Crippen LogP contribution is 2.26. The van der Waals surface area contributed by atoms with Gasteiger partial charge in [0, 0.05) is 4.90 Å². The number of aliphatic hydroxyl groups is 2. The highest BCUT2D eigenvalue weighted by Gasteiger charge is 2.27. The number of aliphatic hydroxyl groups excluding tert-OH is 2. The van der Waals surface area contributed by atoms with Gasteiger partial charge in [0.2, 0.25) is 0 Å². The molecule has 2 aromatic carbocycles. The zero-order valence-corrected chi connectivity index (χ0v) is 14.6. The highest BCUT2D eigenvalue weighted by atomic mass is 79.9. The average Bonchev–Trinajstić information content (AvgIpc) is 2.54. The molecule has 5 heteroatoms. The molecule has 0 radical (unpaired) electrons. The Morgan fingerprint density at radius 1 is 1.05 bits per heavy atom. The van der Waals surface area contributed by atoms with Crippen molar-refractivity contribution in [2.75, 3.05) is 5.75 Å². The van der Waals surface area contributed by atoms with Gasteiger partial charge in [0.25, 0.3) is 0 Å². The lowest BCUT2D eigenvalue weighted by molar-refractivity contribution is 0.104. The maximum Gasteiger partial charge on any atom is 0.0940 e. The van der Waals surface area contributed by atoms with Crippen molar-refractivity contribution >= 4 is 26.7 Å². The quantitative estimate of drug-likeness (QED) is 0.755. The lowest BCUT2D eigenvalue weighted by Crippen LogP contribution is -2.31. The summed E-state index contributed by atoms with van der Waals surface area (Å²) in [7, 11) is -1.31. The smallest absolute Gasteiger partial charge is 0.0940 e. The largest absolute Gasteiger partial charge is 0.391 e. The summed E-state index contributed by atoms with van der Waals surface area (Å²) in [5, 5.41) is 20.5. The molecular formula is C17H19BrO3S. The first kappa shape index (κ1) is 17.3. The first-order chi connectivity index (χ1) is 10.5. The molecule has 3 nitrogen and oxygen atoms in total. The Morgan fingerprint density at radius 3 is 2.23 bits per heavy atom. The number of alkyl halides is 1. The number of aryl methyl sites for hydroxylation is 1. The Hall–Kier alpha value is -1.01. The zero-order valence-electron chi connectivity index (χ0n) is 12.2. The van der Waals surface area contributed by atoms with E-state index in [9.17, 15) is 14.4 Å². The molecule has 0 bridgehead atoms. The summed E-state index contributed by atoms with van der Waals surface area (Å²) in [6, 6.07) is 16.5. The van der Waals surface area contributed by atoms with E-state index < -0.39 is 27.8 Å². The van der Waals surface area contributed by atoms with Crippen LogP contribution in [0.2, 0.25) is 0 Å². The predicted molar refractivity (Wildman–Crippen MR) is 92.6 cm³/mol. The van der Waals surface area contributed by atoms with Gasteiger partial charge in [-0.1, -0.05) is 64.0 Å². The van der Waals surface area contributed by atoms with Crippen molar-refractivity contribution in [1.29, 1.82) is 0 Å². The number of halogens is 1. The van der Waals surface area contributed by atoms with E-state index in [2.05, 4.69) is 15.9 Å². The molecule has 1 unspecified atom stereocenters. The van der Waals surface area contributed by atoms with Gasteiger partial charge in [-0.2, -0.15) is 0 Å². The Labute approximate surface area is 141 Å². The summed E-state index contributed by atoms with van der Waals surface area (Å²) in [6.45, 7) is 1.96. The summed E-state index contributed by atoms with van der Waals surface area (Å²) in [4.78, 5) is 0.0999. The van der Waals surface area contributed by atoms with E-state index in [1.807, 2.05) is 37.3 Å². The number of rotatable bonds is 6. The fourth-order valence-corrected chi connectivity index (χ4v) is 3.97. The second-order valence-corrected chi connectivity index (χ2v) is 7.75. The minimum absolute atomic E-state index is 0.0723. The average molecular weight is 383 g/mol. The van der Waals surface area contributed by atoms with E-state index in [4.69, 9.17) is 0 Å². The van der Waals surface area contributed by atoms with Crippen molar-refractivity contribution in [3.63, 3.8) is 0 Å². The van der Waals surface area contributed by atoms with E-state index >= 15 is 0 Å². The Balaban J connectivity index is 2.00. The monoisotopic (exact) mass is 382 g/mol. The van der Waals surface area contributed by atoms with Gasteiger partial charge in [0.1, 0.15) is 0 Å². The van der Waals surface area contributed by atoms with Gasteiger partial charge in [-0.25, -0.2) is 0 Å². The summed E-state index contributed by atoms with van der Waals surface area (Å²) >= 11 is 3.32. The summed E-state index contributed by atoms with van der Waals surface area (Å²) in [6.07, 6.45) is -1.77. The topological polar surface area (TPSA) is 57.5 Å². The van der Waals surface area contributed by atoms with E-state index in [1.165, 1.54) is 0 Å². The molecule has 2 rings (SSSR count). The SMILES string of the molecule is Cc1ccc(S(=O)C[C@H](O)[C@H](Br)[C@H](O)c2ccccc2)cc1. The maximum atomic E-state index is 12.3. The molecule has 0 aliphatic carbocycles. The van der Waals surface area contributed by atoms with Gasteiger partial charge in [-0.15, -0.1) is 0 Å². The maximum absolute atomic E-state index is 12.3. The standard InChI is InChI=1S/C17H19BrO3S/c1-12-7-9-14(10-8-12)22(21)11-15(19)16(18)17(20)13-5-3-2-4-6-13/h2-10,15-17,19-20H,11H2,1H3/t15-,16-,17+,22?/m0/s1. The number of hydrogen-bond donors (Lipinski definition) is 2. The molecule has 0 aromatic heterocycles. The van der Waals surface area contributed by atoms with E-state index in [1.54, 1.807) is 24.3 Å². The second-order valence-electron chi connectivity index (χ2n) is 5.19. The van der Waals surface area contributed by atoms with Crippen molar-refractivity contribution in [3.05, 3.63) is 65.7 Å². The number of benzene rings is 2. The lowest BCUT2D eigenvalue weighted by Gasteiger charge is -2.22. The van der Waals surface area contributed by atoms with Crippen LogP contribution in [0.1, 0.15) is 17.2 Å². The van der Waals surface area contributed by atoms with Gasteiger partial charge in [0.05, 0.1) is 33.6 Å². The minimum atomic E-state index is -1.31. The van der Waals surface area contributed by atoms with E-state index in [0.717, 1.165) is 5.56 Å². The van der Waals surface area contributed by atoms with Crippen molar-refractivity contribution in [2.45, 2.75) is 28.9 Å². The second kappa shape index (κ2) is 8.02. The number of hydrogen-bond acceptors (Lipinski definition) is 3. The van der Waals surface area contributed by atoms with Gasteiger partial charge in [0.15, 0.2) is 0 Å². The molecule has 0 heterocycles. The van der Waals surface area contributed by atoms with Crippen LogP contribution in [0, 0.1) is 6.92 Å². The van der Waals surface area contributed by atoms with Crippen LogP contribution in [-0.4, -0.2) is 31.1 Å². The molecule has 0 aliphatic heterocycles. The predicted octanol–water partition coefficient (Wildman–Crippen LogP) is 2.96. The molecule has 118 valence electrons. The molecule has 0 amide bonds. The fourth-order valence-electron chi connectivity index (χ4n) is 2.08. The Kier molecular flexibility index (Phi) is 6.32. The van der Waals surface area contributed by atoms with Crippen LogP contribution in [-0.2, 0) is 10.8 Å². The van der Waals surface area contributed by atoms with Gasteiger partial charge in [-0.3, -0.25) is 4.21 Å². The molecule has 2 aromatic rings. The minimum Gasteiger partial charge on any atom is -0.391 e. The van der Waals surface area contributed by atoms with E-state index in [-0.39, 0.29) is 5.75 Å². The summed E-state index contributed by atoms with van der Waals surface area (Å²) in [5.41, 5.74) is 1.81. The molecular weight excluding hydrogens is 364 g/mol. The van der Waals surface area contributed by atoms with Crippen LogP contribution >= 0.6 is 15.9 Å². The summed E-state index contributed by atoms with van der Waals surface area (Å²) in [5.74, 6) is 0.0723. The normalized spacial score (nSPS) is 16.7. The third-order valence-electron chi connectivity index (χ3n) is 3.42. The first-order valence-electron chi connectivity index (χ1n) is 6.99. The first-order valence-corrected chi connectivity index (χ1v) is 9.22. The van der Waals surface area contributed by atoms with Gasteiger partial charge in [-0.05, 0) is 24.6 Å². The third kappa shape index (κ3) is 4.49. The van der Waals surface area contributed by atoms with Crippen LogP contribution in [0.5, 0.6) is 0 Å². The Bertz CT molecular complexity index is 616. The van der Waals surface area contributed by atoms with Crippen molar-refractivity contribution in [1.82, 2.24) is 0 Å². The lowest BCUT2D eigenvalue weighted by atomic mass is 10.0. The fraction of sp³-hybridized carbons (Fsp3) is 0.294. The van der Waals surface area contributed by atoms with Crippen LogP contribution in [0.15, 0.2) is 59.5 Å². The van der Waals surface area contributed by atoms with Crippen LogP contribution in [0.3, 0.4) is 0 Å². The summed E-state index contributed by atoms with van der Waals surface area (Å²) < 4.78 is 12.3.